The summed E-state index contributed by atoms with van der Waals surface area (Å²) in [4.78, 5) is 16.1. The van der Waals surface area contributed by atoms with Crippen LogP contribution in [0.4, 0.5) is 0 Å². The van der Waals surface area contributed by atoms with Gasteiger partial charge in [0.2, 0.25) is 5.95 Å². The lowest BCUT2D eigenvalue weighted by Gasteiger charge is -2.14. The second-order valence-electron chi connectivity index (χ2n) is 15.6. The van der Waals surface area contributed by atoms with Crippen molar-refractivity contribution in [2.75, 3.05) is 0 Å². The zero-order valence-corrected chi connectivity index (χ0v) is 33.6. The van der Waals surface area contributed by atoms with E-state index in [0.717, 1.165) is 93.8 Å². The Bertz CT molecular complexity index is 3470. The summed E-state index contributed by atoms with van der Waals surface area (Å²) in [7, 11) is 0. The molecule has 5 heteroatoms. The molecule has 0 atom stereocenters. The van der Waals surface area contributed by atoms with Crippen molar-refractivity contribution < 1.29 is 0 Å². The number of rotatable bonds is 7. The minimum Gasteiger partial charge on any atom is -0.309 e. The van der Waals surface area contributed by atoms with Gasteiger partial charge in [0.25, 0.3) is 0 Å². The standard InChI is InChI=1S/C57H37N5/c1-5-17-38(18-6-1)40-29-33-43(34-30-40)55-58-56(44-35-31-41(32-36-44)39-19-7-2-8-20-39)60-57(59-55)62-50-28-16-13-25-46(50)52-48(42-21-9-3-10-22-42)37-51-53(54(52)62)47-26-14-15-27-49(47)61(51)45-23-11-4-12-24-45/h1-37H. The van der Waals surface area contributed by atoms with Gasteiger partial charge in [-0.3, -0.25) is 4.57 Å². The first-order valence-electron chi connectivity index (χ1n) is 21.0. The van der Waals surface area contributed by atoms with Crippen LogP contribution in [0.5, 0.6) is 0 Å². The molecule has 62 heavy (non-hydrogen) atoms. The van der Waals surface area contributed by atoms with Crippen LogP contribution in [-0.4, -0.2) is 24.1 Å². The van der Waals surface area contributed by atoms with Crippen molar-refractivity contribution in [1.29, 1.82) is 0 Å². The molecule has 0 bridgehead atoms. The third kappa shape index (κ3) is 5.90. The summed E-state index contributed by atoms with van der Waals surface area (Å²) in [6, 6.07) is 79.1. The monoisotopic (exact) mass is 791 g/mol. The summed E-state index contributed by atoms with van der Waals surface area (Å²) in [5.74, 6) is 1.76. The highest BCUT2D eigenvalue weighted by Gasteiger charge is 2.26. The van der Waals surface area contributed by atoms with Crippen LogP contribution in [0, 0.1) is 0 Å². The van der Waals surface area contributed by atoms with Crippen LogP contribution in [0.15, 0.2) is 224 Å². The van der Waals surface area contributed by atoms with Crippen LogP contribution in [0.25, 0.3) is 111 Å². The molecule has 5 nitrogen and oxygen atoms in total. The van der Waals surface area contributed by atoms with Crippen molar-refractivity contribution in [3.05, 3.63) is 224 Å². The topological polar surface area (TPSA) is 48.5 Å². The zero-order valence-electron chi connectivity index (χ0n) is 33.6. The number of nitrogens with zero attached hydrogens (tertiary/aromatic N) is 5. The number of hydrogen-bond acceptors (Lipinski definition) is 3. The van der Waals surface area contributed by atoms with Crippen molar-refractivity contribution in [3.63, 3.8) is 0 Å². The molecule has 0 radical (unpaired) electrons. The Labute approximate surface area is 358 Å². The zero-order chi connectivity index (χ0) is 41.0. The molecule has 3 aromatic heterocycles. The summed E-state index contributed by atoms with van der Waals surface area (Å²) in [5, 5.41) is 4.57. The van der Waals surface area contributed by atoms with E-state index in [1.165, 1.54) is 0 Å². The Balaban J connectivity index is 1.18. The molecule has 0 spiro atoms. The average Bonchev–Trinajstić information content (AvgIpc) is 3.88. The van der Waals surface area contributed by atoms with Gasteiger partial charge in [0.15, 0.2) is 11.6 Å². The van der Waals surface area contributed by atoms with E-state index in [0.29, 0.717) is 17.6 Å². The van der Waals surface area contributed by atoms with E-state index in [1.54, 1.807) is 0 Å². The average molecular weight is 792 g/mol. The lowest BCUT2D eigenvalue weighted by molar-refractivity contribution is 0.955. The minimum atomic E-state index is 0.554. The molecular formula is C57H37N5. The SMILES string of the molecule is c1ccc(-c2ccc(-c3nc(-c4ccc(-c5ccccc5)cc4)nc(-n4c5ccccc5c5c(-c6ccccc6)cc6c(c7ccccc7n6-c6ccccc6)c54)n3)cc2)cc1. The Kier molecular flexibility index (Phi) is 8.42. The van der Waals surface area contributed by atoms with Crippen molar-refractivity contribution >= 4 is 43.6 Å². The first-order valence-corrected chi connectivity index (χ1v) is 21.0. The number of para-hydroxylation sites is 3. The molecule has 0 N–H and O–H groups in total. The summed E-state index contributed by atoms with van der Waals surface area (Å²) in [5.41, 5.74) is 14.1. The first-order chi connectivity index (χ1) is 30.8. The van der Waals surface area contributed by atoms with Gasteiger partial charge in [-0.05, 0) is 63.7 Å². The van der Waals surface area contributed by atoms with Crippen LogP contribution in [-0.2, 0) is 0 Å². The molecule has 0 aliphatic heterocycles. The Morgan fingerprint density at radius 2 is 0.694 bits per heavy atom. The van der Waals surface area contributed by atoms with Crippen molar-refractivity contribution in [2.45, 2.75) is 0 Å². The van der Waals surface area contributed by atoms with Gasteiger partial charge in [-0.2, -0.15) is 9.97 Å². The van der Waals surface area contributed by atoms with Gasteiger partial charge in [-0.1, -0.05) is 194 Å². The minimum absolute atomic E-state index is 0.554. The first kappa shape index (κ1) is 35.5. The maximum Gasteiger partial charge on any atom is 0.238 e. The van der Waals surface area contributed by atoms with E-state index in [2.05, 4.69) is 221 Å². The third-order valence-corrected chi connectivity index (χ3v) is 12.0. The maximum atomic E-state index is 5.43. The normalized spacial score (nSPS) is 11.5. The fourth-order valence-corrected chi connectivity index (χ4v) is 9.12. The summed E-state index contributed by atoms with van der Waals surface area (Å²) in [6.45, 7) is 0. The maximum absolute atomic E-state index is 5.43. The second kappa shape index (κ2) is 14.7. The molecule has 0 aliphatic carbocycles. The molecule has 0 saturated carbocycles. The van der Waals surface area contributed by atoms with Gasteiger partial charge >= 0.3 is 0 Å². The third-order valence-electron chi connectivity index (χ3n) is 12.0. The van der Waals surface area contributed by atoms with E-state index in [9.17, 15) is 0 Å². The lowest BCUT2D eigenvalue weighted by Crippen LogP contribution is -2.06. The van der Waals surface area contributed by atoms with E-state index >= 15 is 0 Å². The number of hydrogen-bond donors (Lipinski definition) is 0. The fraction of sp³-hybridized carbons (Fsp3) is 0. The number of fused-ring (bicyclic) bond motifs is 7. The Morgan fingerprint density at radius 3 is 1.23 bits per heavy atom. The van der Waals surface area contributed by atoms with E-state index in [-0.39, 0.29) is 0 Å². The van der Waals surface area contributed by atoms with Crippen molar-refractivity contribution in [2.24, 2.45) is 0 Å². The molecule has 12 aromatic rings. The molecule has 290 valence electrons. The van der Waals surface area contributed by atoms with Crippen molar-refractivity contribution in [1.82, 2.24) is 24.1 Å². The van der Waals surface area contributed by atoms with Gasteiger partial charge in [0.05, 0.1) is 22.1 Å². The predicted molar refractivity (Wildman–Crippen MR) is 256 cm³/mol. The van der Waals surface area contributed by atoms with Gasteiger partial charge in [0.1, 0.15) is 0 Å². The number of aromatic nitrogens is 5. The quantitative estimate of drug-likeness (QED) is 0.162. The molecular weight excluding hydrogens is 755 g/mol. The molecule has 3 heterocycles. The molecule has 9 aromatic carbocycles. The highest BCUT2D eigenvalue weighted by atomic mass is 15.2. The predicted octanol–water partition coefficient (Wildman–Crippen LogP) is 14.4. The summed E-state index contributed by atoms with van der Waals surface area (Å²) in [6.07, 6.45) is 0. The summed E-state index contributed by atoms with van der Waals surface area (Å²) < 4.78 is 4.68. The van der Waals surface area contributed by atoms with E-state index in [1.807, 2.05) is 12.1 Å². The van der Waals surface area contributed by atoms with Gasteiger partial charge in [0, 0.05) is 38.4 Å². The highest BCUT2D eigenvalue weighted by molar-refractivity contribution is 6.29. The second-order valence-corrected chi connectivity index (χ2v) is 15.6. The lowest BCUT2D eigenvalue weighted by atomic mass is 9.97. The molecule has 0 unspecified atom stereocenters. The molecule has 0 fully saturated rings. The van der Waals surface area contributed by atoms with Gasteiger partial charge in [-0.25, -0.2) is 4.98 Å². The highest BCUT2D eigenvalue weighted by Crippen LogP contribution is 2.46. The number of benzene rings is 9. The van der Waals surface area contributed by atoms with Crippen LogP contribution in [0.1, 0.15) is 0 Å². The molecule has 0 saturated heterocycles. The smallest absolute Gasteiger partial charge is 0.238 e. The summed E-state index contributed by atoms with van der Waals surface area (Å²) >= 11 is 0. The van der Waals surface area contributed by atoms with Crippen LogP contribution in [0.3, 0.4) is 0 Å². The molecule has 12 rings (SSSR count). The van der Waals surface area contributed by atoms with Gasteiger partial charge < -0.3 is 4.57 Å². The Hall–Kier alpha value is -8.41. The van der Waals surface area contributed by atoms with Crippen LogP contribution >= 0.6 is 0 Å². The molecule has 0 aliphatic rings. The largest absolute Gasteiger partial charge is 0.309 e. The van der Waals surface area contributed by atoms with Crippen molar-refractivity contribution in [3.8, 4) is 67.8 Å². The fourth-order valence-electron chi connectivity index (χ4n) is 9.12. The molecule has 0 amide bonds. The Morgan fingerprint density at radius 1 is 0.290 bits per heavy atom. The van der Waals surface area contributed by atoms with Crippen LogP contribution in [0.2, 0.25) is 0 Å². The van der Waals surface area contributed by atoms with E-state index < -0.39 is 0 Å². The van der Waals surface area contributed by atoms with E-state index in [4.69, 9.17) is 15.0 Å². The van der Waals surface area contributed by atoms with Crippen LogP contribution < -0.4 is 0 Å². The van der Waals surface area contributed by atoms with Gasteiger partial charge in [-0.15, -0.1) is 0 Å².